The zero-order valence-electron chi connectivity index (χ0n) is 14.5. The molecule has 0 spiro atoms. The zero-order chi connectivity index (χ0) is 19.6. The first kappa shape index (κ1) is 18.7. The Kier molecular flexibility index (Phi) is 5.31. The van der Waals surface area contributed by atoms with E-state index >= 15 is 0 Å². The number of carbonyl (C=O) groups excluding carboxylic acids is 2. The highest BCUT2D eigenvalue weighted by Crippen LogP contribution is 2.42. The van der Waals surface area contributed by atoms with Crippen LogP contribution in [0, 0.1) is 10.1 Å². The van der Waals surface area contributed by atoms with E-state index < -0.39 is 16.1 Å². The van der Waals surface area contributed by atoms with E-state index in [9.17, 15) is 19.7 Å². The Balaban J connectivity index is 1.93. The van der Waals surface area contributed by atoms with Crippen molar-refractivity contribution >= 4 is 35.0 Å². The number of amides is 2. The van der Waals surface area contributed by atoms with Crippen LogP contribution in [0.3, 0.4) is 0 Å². The predicted molar refractivity (Wildman–Crippen MR) is 101 cm³/mol. The third-order valence-electron chi connectivity index (χ3n) is 4.15. The Morgan fingerprint density at radius 3 is 2.59 bits per heavy atom. The molecular formula is C18H17N3O5S. The minimum atomic E-state index is -0.650. The molecule has 1 heterocycles. The molecule has 0 saturated carbocycles. The molecule has 9 heteroatoms. The van der Waals surface area contributed by atoms with Gasteiger partial charge in [0, 0.05) is 17.0 Å². The monoisotopic (exact) mass is 387 g/mol. The summed E-state index contributed by atoms with van der Waals surface area (Å²) in [4.78, 5) is 36.8. The van der Waals surface area contributed by atoms with Crippen LogP contribution < -0.4 is 15.4 Å². The van der Waals surface area contributed by atoms with Crippen LogP contribution in [0.4, 0.5) is 11.4 Å². The quantitative estimate of drug-likeness (QED) is 0.600. The minimum Gasteiger partial charge on any atom is -0.497 e. The Labute approximate surface area is 159 Å². The van der Waals surface area contributed by atoms with Gasteiger partial charge in [-0.05, 0) is 30.2 Å². The van der Waals surface area contributed by atoms with Crippen LogP contribution in [0.5, 0.6) is 5.75 Å². The van der Waals surface area contributed by atoms with Crippen molar-refractivity contribution in [1.82, 2.24) is 0 Å². The molecule has 27 heavy (non-hydrogen) atoms. The normalized spacial score (nSPS) is 16.0. The molecule has 0 saturated heterocycles. The number of hydrogen-bond acceptors (Lipinski definition) is 6. The van der Waals surface area contributed by atoms with Crippen molar-refractivity contribution in [3.8, 4) is 5.75 Å². The summed E-state index contributed by atoms with van der Waals surface area (Å²) in [5, 5.41) is 10.6. The van der Waals surface area contributed by atoms with Gasteiger partial charge in [-0.15, -0.1) is 11.8 Å². The van der Waals surface area contributed by atoms with Crippen LogP contribution in [-0.2, 0) is 16.0 Å². The number of ether oxygens (including phenoxy) is 1. The number of rotatable bonds is 6. The fraction of sp³-hybridized carbons (Fsp3) is 0.222. The lowest BCUT2D eigenvalue weighted by Crippen LogP contribution is -2.46. The highest BCUT2D eigenvalue weighted by Gasteiger charge is 2.35. The molecule has 0 radical (unpaired) electrons. The van der Waals surface area contributed by atoms with Crippen LogP contribution in [0.15, 0.2) is 47.4 Å². The van der Waals surface area contributed by atoms with Crippen molar-refractivity contribution < 1.29 is 19.2 Å². The van der Waals surface area contributed by atoms with Gasteiger partial charge in [0.05, 0.1) is 23.0 Å². The number of nitrogens with two attached hydrogens (primary N) is 1. The molecule has 1 aliphatic rings. The molecule has 0 fully saturated rings. The summed E-state index contributed by atoms with van der Waals surface area (Å²) in [7, 11) is 1.57. The van der Waals surface area contributed by atoms with E-state index in [4.69, 9.17) is 10.5 Å². The molecular weight excluding hydrogens is 370 g/mol. The number of nitro groups is 1. The molecule has 8 nitrogen and oxygen atoms in total. The molecule has 2 aromatic rings. The van der Waals surface area contributed by atoms with Crippen molar-refractivity contribution in [1.29, 1.82) is 0 Å². The highest BCUT2D eigenvalue weighted by atomic mass is 32.2. The van der Waals surface area contributed by atoms with Crippen molar-refractivity contribution in [2.75, 3.05) is 18.6 Å². The van der Waals surface area contributed by atoms with E-state index in [2.05, 4.69) is 0 Å². The maximum Gasteiger partial charge on any atom is 0.270 e. The minimum absolute atomic E-state index is 0.0715. The molecule has 1 atom stereocenters. The van der Waals surface area contributed by atoms with Crippen molar-refractivity contribution in [2.24, 2.45) is 5.73 Å². The fourth-order valence-electron chi connectivity index (χ4n) is 2.85. The standard InChI is InChI=1S/C18H17N3O5S/c1-26-13-5-2-11(3-6-13)8-16-18(23)20(10-17(19)22)14-7-4-12(21(24)25)9-15(14)27-16/h2-7,9,16H,8,10H2,1H3,(H2,19,22). The summed E-state index contributed by atoms with van der Waals surface area (Å²) in [5.41, 5.74) is 6.59. The van der Waals surface area contributed by atoms with Gasteiger partial charge in [0.15, 0.2) is 0 Å². The number of nitro benzene ring substituents is 1. The topological polar surface area (TPSA) is 116 Å². The SMILES string of the molecule is COc1ccc(CC2Sc3cc([N+](=O)[O-])ccc3N(CC(N)=O)C2=O)cc1. The van der Waals surface area contributed by atoms with Gasteiger partial charge < -0.3 is 15.4 Å². The third-order valence-corrected chi connectivity index (χ3v) is 5.38. The van der Waals surface area contributed by atoms with Crippen LogP contribution in [-0.4, -0.2) is 35.6 Å². The highest BCUT2D eigenvalue weighted by molar-refractivity contribution is 8.01. The first-order valence-corrected chi connectivity index (χ1v) is 8.94. The average molecular weight is 387 g/mol. The number of carbonyl (C=O) groups is 2. The Hall–Kier alpha value is -3.07. The van der Waals surface area contributed by atoms with Gasteiger partial charge in [0.1, 0.15) is 12.3 Å². The number of hydrogen-bond donors (Lipinski definition) is 1. The molecule has 140 valence electrons. The second-order valence-corrected chi connectivity index (χ2v) is 7.20. The van der Waals surface area contributed by atoms with Gasteiger partial charge in [0.2, 0.25) is 11.8 Å². The number of nitrogens with zero attached hydrogens (tertiary/aromatic N) is 2. The van der Waals surface area contributed by atoms with Crippen molar-refractivity contribution in [2.45, 2.75) is 16.6 Å². The first-order valence-electron chi connectivity index (χ1n) is 8.06. The van der Waals surface area contributed by atoms with Crippen LogP contribution in [0.25, 0.3) is 0 Å². The summed E-state index contributed by atoms with van der Waals surface area (Å²) in [6, 6.07) is 11.5. The van der Waals surface area contributed by atoms with E-state index in [1.165, 1.54) is 34.9 Å². The predicted octanol–water partition coefficient (Wildman–Crippen LogP) is 2.14. The number of thioether (sulfide) groups is 1. The Morgan fingerprint density at radius 2 is 2.00 bits per heavy atom. The summed E-state index contributed by atoms with van der Waals surface area (Å²) >= 11 is 1.25. The molecule has 3 rings (SSSR count). The smallest absolute Gasteiger partial charge is 0.270 e. The van der Waals surface area contributed by atoms with Crippen molar-refractivity contribution in [3.63, 3.8) is 0 Å². The van der Waals surface area contributed by atoms with Crippen LogP contribution in [0.2, 0.25) is 0 Å². The number of fused-ring (bicyclic) bond motifs is 1. The number of non-ortho nitro benzene ring substituents is 1. The van der Waals surface area contributed by atoms with Gasteiger partial charge in [-0.3, -0.25) is 19.7 Å². The maximum atomic E-state index is 12.9. The Morgan fingerprint density at radius 1 is 1.30 bits per heavy atom. The molecule has 1 unspecified atom stereocenters. The lowest BCUT2D eigenvalue weighted by atomic mass is 10.1. The van der Waals surface area contributed by atoms with E-state index in [0.29, 0.717) is 22.8 Å². The first-order chi connectivity index (χ1) is 12.9. The largest absolute Gasteiger partial charge is 0.497 e. The number of primary amides is 1. The van der Waals surface area contributed by atoms with E-state index in [-0.39, 0.29) is 18.1 Å². The molecule has 0 aliphatic carbocycles. The number of benzene rings is 2. The fourth-order valence-corrected chi connectivity index (χ4v) is 4.15. The third kappa shape index (κ3) is 4.03. The summed E-state index contributed by atoms with van der Waals surface area (Å²) < 4.78 is 5.13. The summed E-state index contributed by atoms with van der Waals surface area (Å²) in [5.74, 6) is -0.198. The van der Waals surface area contributed by atoms with Gasteiger partial charge in [-0.2, -0.15) is 0 Å². The molecule has 0 aromatic heterocycles. The molecule has 1 aliphatic heterocycles. The van der Waals surface area contributed by atoms with Gasteiger partial charge in [-0.25, -0.2) is 0 Å². The lowest BCUT2D eigenvalue weighted by molar-refractivity contribution is -0.385. The second-order valence-electron chi connectivity index (χ2n) is 5.96. The molecule has 2 amide bonds. The van der Waals surface area contributed by atoms with Gasteiger partial charge in [-0.1, -0.05) is 12.1 Å². The molecule has 2 N–H and O–H groups in total. The van der Waals surface area contributed by atoms with Crippen LogP contribution in [0.1, 0.15) is 5.56 Å². The number of anilines is 1. The zero-order valence-corrected chi connectivity index (χ0v) is 15.3. The van der Waals surface area contributed by atoms with E-state index in [1.807, 2.05) is 12.1 Å². The summed E-state index contributed by atoms with van der Waals surface area (Å²) in [6.45, 7) is -0.274. The van der Waals surface area contributed by atoms with Crippen LogP contribution >= 0.6 is 11.8 Å². The number of methoxy groups -OCH3 is 1. The molecule has 2 aromatic carbocycles. The van der Waals surface area contributed by atoms with E-state index in [0.717, 1.165) is 5.56 Å². The van der Waals surface area contributed by atoms with Crippen molar-refractivity contribution in [3.05, 3.63) is 58.1 Å². The van der Waals surface area contributed by atoms with E-state index in [1.54, 1.807) is 19.2 Å². The van der Waals surface area contributed by atoms with Gasteiger partial charge >= 0.3 is 0 Å². The summed E-state index contributed by atoms with van der Waals surface area (Å²) in [6.07, 6.45) is 0.408. The van der Waals surface area contributed by atoms with Gasteiger partial charge in [0.25, 0.3) is 5.69 Å². The maximum absolute atomic E-state index is 12.9. The lowest BCUT2D eigenvalue weighted by Gasteiger charge is -2.32. The Bertz CT molecular complexity index is 900. The second kappa shape index (κ2) is 7.67. The molecule has 0 bridgehead atoms. The average Bonchev–Trinajstić information content (AvgIpc) is 2.65.